The van der Waals surface area contributed by atoms with Crippen LogP contribution in [0.3, 0.4) is 0 Å². The molecule has 0 radical (unpaired) electrons. The van der Waals surface area contributed by atoms with Crippen molar-refractivity contribution in [2.24, 2.45) is 0 Å². The minimum Gasteiger partial charge on any atom is -0.495 e. The molecule has 1 unspecified atom stereocenters. The molecule has 2 rings (SSSR count). The van der Waals surface area contributed by atoms with E-state index in [4.69, 9.17) is 4.74 Å². The molecule has 146 valence electrons. The highest BCUT2D eigenvalue weighted by molar-refractivity contribution is 9.10. The number of ether oxygens (including phenoxy) is 1. The van der Waals surface area contributed by atoms with Crippen molar-refractivity contribution in [3.8, 4) is 5.75 Å². The van der Waals surface area contributed by atoms with E-state index in [0.29, 0.717) is 5.69 Å². The first-order chi connectivity index (χ1) is 12.8. The van der Waals surface area contributed by atoms with Gasteiger partial charge in [0.2, 0.25) is 0 Å². The van der Waals surface area contributed by atoms with Gasteiger partial charge in [-0.15, -0.1) is 0 Å². The SMILES string of the molecule is CCCC(C)NC(=O)c1ccc(OC)c(S(=O)(=O)Nc2ccc(Br)cc2)c1. The molecule has 27 heavy (non-hydrogen) atoms. The highest BCUT2D eigenvalue weighted by Gasteiger charge is 2.22. The third-order valence-corrected chi connectivity index (χ3v) is 5.84. The van der Waals surface area contributed by atoms with Gasteiger partial charge in [0.15, 0.2) is 0 Å². The lowest BCUT2D eigenvalue weighted by Crippen LogP contribution is -2.32. The molecule has 0 heterocycles. The molecule has 6 nitrogen and oxygen atoms in total. The van der Waals surface area contributed by atoms with E-state index < -0.39 is 10.0 Å². The summed E-state index contributed by atoms with van der Waals surface area (Å²) >= 11 is 3.31. The van der Waals surface area contributed by atoms with Gasteiger partial charge in [-0.2, -0.15) is 0 Å². The predicted molar refractivity (Wildman–Crippen MR) is 110 cm³/mol. The number of hydrogen-bond acceptors (Lipinski definition) is 4. The molecule has 2 aromatic carbocycles. The van der Waals surface area contributed by atoms with Gasteiger partial charge >= 0.3 is 0 Å². The number of rotatable bonds is 8. The summed E-state index contributed by atoms with van der Waals surface area (Å²) in [5.41, 5.74) is 0.668. The van der Waals surface area contributed by atoms with E-state index in [9.17, 15) is 13.2 Å². The molecule has 1 atom stereocenters. The minimum absolute atomic E-state index is 0.00514. The Kier molecular flexibility index (Phi) is 7.26. The van der Waals surface area contributed by atoms with Gasteiger partial charge in [-0.1, -0.05) is 29.3 Å². The summed E-state index contributed by atoms with van der Waals surface area (Å²) in [7, 11) is -2.55. The summed E-state index contributed by atoms with van der Waals surface area (Å²) in [6, 6.07) is 11.1. The van der Waals surface area contributed by atoms with Crippen LogP contribution in [0.25, 0.3) is 0 Å². The Bertz CT molecular complexity index is 898. The molecule has 0 spiro atoms. The Morgan fingerprint density at radius 3 is 2.44 bits per heavy atom. The van der Waals surface area contributed by atoms with Crippen LogP contribution in [0.1, 0.15) is 37.0 Å². The van der Waals surface area contributed by atoms with Crippen LogP contribution in [0.2, 0.25) is 0 Å². The largest absolute Gasteiger partial charge is 0.495 e. The summed E-state index contributed by atoms with van der Waals surface area (Å²) in [6.45, 7) is 3.95. The summed E-state index contributed by atoms with van der Waals surface area (Å²) in [4.78, 5) is 12.3. The highest BCUT2D eigenvalue weighted by atomic mass is 79.9. The standard InChI is InChI=1S/C19H23BrN2O4S/c1-4-5-13(2)21-19(23)14-6-11-17(26-3)18(12-14)27(24,25)22-16-9-7-15(20)8-10-16/h6-13,22H,4-5H2,1-3H3,(H,21,23). The van der Waals surface area contributed by atoms with Crippen molar-refractivity contribution in [1.29, 1.82) is 0 Å². The zero-order valence-electron chi connectivity index (χ0n) is 15.5. The van der Waals surface area contributed by atoms with Crippen LogP contribution in [-0.4, -0.2) is 27.5 Å². The fourth-order valence-electron chi connectivity index (χ4n) is 2.57. The molecule has 0 aliphatic carbocycles. The fourth-order valence-corrected chi connectivity index (χ4v) is 4.09. The molecule has 0 saturated heterocycles. The van der Waals surface area contributed by atoms with Crippen molar-refractivity contribution in [3.05, 3.63) is 52.5 Å². The number of anilines is 1. The van der Waals surface area contributed by atoms with Crippen molar-refractivity contribution in [2.45, 2.75) is 37.6 Å². The van der Waals surface area contributed by atoms with E-state index in [1.54, 1.807) is 30.3 Å². The summed E-state index contributed by atoms with van der Waals surface area (Å²) in [5, 5.41) is 2.87. The number of nitrogens with one attached hydrogen (secondary N) is 2. The van der Waals surface area contributed by atoms with Gasteiger partial charge < -0.3 is 10.1 Å². The van der Waals surface area contributed by atoms with E-state index >= 15 is 0 Å². The van der Waals surface area contributed by atoms with E-state index in [0.717, 1.165) is 17.3 Å². The normalized spacial score (nSPS) is 12.3. The first-order valence-electron chi connectivity index (χ1n) is 8.54. The van der Waals surface area contributed by atoms with E-state index in [1.165, 1.54) is 19.2 Å². The summed E-state index contributed by atoms with van der Waals surface area (Å²) < 4.78 is 34.2. The number of sulfonamides is 1. The van der Waals surface area contributed by atoms with Gasteiger partial charge in [0, 0.05) is 21.8 Å². The molecule has 0 saturated carbocycles. The topological polar surface area (TPSA) is 84.5 Å². The van der Waals surface area contributed by atoms with Gasteiger partial charge in [-0.3, -0.25) is 9.52 Å². The van der Waals surface area contributed by atoms with Gasteiger partial charge in [-0.05, 0) is 55.8 Å². The Morgan fingerprint density at radius 1 is 1.19 bits per heavy atom. The second-order valence-corrected chi connectivity index (χ2v) is 8.71. The monoisotopic (exact) mass is 454 g/mol. The first kappa shape index (κ1) is 21.2. The molecule has 0 aliphatic heterocycles. The second-order valence-electron chi connectivity index (χ2n) is 6.14. The highest BCUT2D eigenvalue weighted by Crippen LogP contribution is 2.27. The average Bonchev–Trinajstić information content (AvgIpc) is 2.63. The summed E-state index contributed by atoms with van der Waals surface area (Å²) in [6.07, 6.45) is 1.79. The molecule has 0 aromatic heterocycles. The minimum atomic E-state index is -3.93. The molecule has 0 fully saturated rings. The smallest absolute Gasteiger partial charge is 0.265 e. The molecular formula is C19H23BrN2O4S. The molecule has 1 amide bonds. The Hall–Kier alpha value is -2.06. The Morgan fingerprint density at radius 2 is 1.85 bits per heavy atom. The van der Waals surface area contributed by atoms with E-state index in [2.05, 4.69) is 26.0 Å². The molecule has 2 aromatic rings. The quantitative estimate of drug-likeness (QED) is 0.626. The number of methoxy groups -OCH3 is 1. The lowest BCUT2D eigenvalue weighted by Gasteiger charge is -2.15. The maximum Gasteiger partial charge on any atom is 0.265 e. The predicted octanol–water partition coefficient (Wildman–Crippen LogP) is 4.18. The third-order valence-electron chi connectivity index (χ3n) is 3.91. The average molecular weight is 455 g/mol. The van der Waals surface area contributed by atoms with Crippen molar-refractivity contribution < 1.29 is 17.9 Å². The van der Waals surface area contributed by atoms with Crippen LogP contribution in [0.4, 0.5) is 5.69 Å². The number of halogens is 1. The molecule has 2 N–H and O–H groups in total. The Labute approximate surface area is 168 Å². The number of amides is 1. The van der Waals surface area contributed by atoms with Crippen molar-refractivity contribution in [3.63, 3.8) is 0 Å². The van der Waals surface area contributed by atoms with Crippen LogP contribution >= 0.6 is 15.9 Å². The maximum absolute atomic E-state index is 12.8. The molecule has 0 aliphatic rings. The molecule has 0 bridgehead atoms. The van der Waals surface area contributed by atoms with Crippen LogP contribution in [-0.2, 0) is 10.0 Å². The zero-order chi connectivity index (χ0) is 20.0. The number of hydrogen-bond donors (Lipinski definition) is 2. The van der Waals surface area contributed by atoms with Crippen molar-refractivity contribution in [1.82, 2.24) is 5.32 Å². The molecular weight excluding hydrogens is 432 g/mol. The second kappa shape index (κ2) is 9.23. The van der Waals surface area contributed by atoms with Crippen LogP contribution < -0.4 is 14.8 Å². The number of benzene rings is 2. The van der Waals surface area contributed by atoms with Gasteiger partial charge in [0.1, 0.15) is 10.6 Å². The molecule has 8 heteroatoms. The van der Waals surface area contributed by atoms with Crippen molar-refractivity contribution in [2.75, 3.05) is 11.8 Å². The maximum atomic E-state index is 12.8. The van der Waals surface area contributed by atoms with Gasteiger partial charge in [-0.25, -0.2) is 8.42 Å². The number of carbonyl (C=O) groups is 1. The van der Waals surface area contributed by atoms with Crippen LogP contribution in [0, 0.1) is 0 Å². The first-order valence-corrected chi connectivity index (χ1v) is 10.8. The summed E-state index contributed by atoms with van der Waals surface area (Å²) in [5.74, 6) is -0.156. The zero-order valence-corrected chi connectivity index (χ0v) is 17.9. The lowest BCUT2D eigenvalue weighted by atomic mass is 10.1. The van der Waals surface area contributed by atoms with Crippen LogP contribution in [0.5, 0.6) is 5.75 Å². The van der Waals surface area contributed by atoms with Gasteiger partial charge in [0.25, 0.3) is 15.9 Å². The number of carbonyl (C=O) groups excluding carboxylic acids is 1. The Balaban J connectivity index is 2.33. The van der Waals surface area contributed by atoms with Gasteiger partial charge in [0.05, 0.1) is 7.11 Å². The fraction of sp³-hybridized carbons (Fsp3) is 0.316. The van der Waals surface area contributed by atoms with Crippen LogP contribution in [0.15, 0.2) is 51.8 Å². The van der Waals surface area contributed by atoms with Crippen molar-refractivity contribution >= 4 is 37.5 Å². The third kappa shape index (κ3) is 5.71. The lowest BCUT2D eigenvalue weighted by molar-refractivity contribution is 0.0938. The van der Waals surface area contributed by atoms with E-state index in [-0.39, 0.29) is 28.2 Å². The van der Waals surface area contributed by atoms with E-state index in [1.807, 2.05) is 13.8 Å².